The van der Waals surface area contributed by atoms with Gasteiger partial charge in [0, 0.05) is 11.3 Å². The molecule has 0 bridgehead atoms. The molecule has 0 saturated carbocycles. The first kappa shape index (κ1) is 14.8. The van der Waals surface area contributed by atoms with E-state index in [1.54, 1.807) is 0 Å². The van der Waals surface area contributed by atoms with Crippen LogP contribution >= 0.6 is 11.6 Å². The van der Waals surface area contributed by atoms with Gasteiger partial charge in [0.1, 0.15) is 5.82 Å². The van der Waals surface area contributed by atoms with Gasteiger partial charge in [0.2, 0.25) is 0 Å². The SMILES string of the molecule is Nc1ccc(C(=O)Nc2ccc(C(=O)O)c(Cl)c2)cc1F. The molecule has 1 amide bonds. The van der Waals surface area contributed by atoms with Gasteiger partial charge in [-0.1, -0.05) is 11.6 Å². The van der Waals surface area contributed by atoms with Crippen molar-refractivity contribution in [2.24, 2.45) is 0 Å². The van der Waals surface area contributed by atoms with E-state index in [9.17, 15) is 14.0 Å². The lowest BCUT2D eigenvalue weighted by Crippen LogP contribution is -2.12. The zero-order valence-electron chi connectivity index (χ0n) is 10.6. The minimum Gasteiger partial charge on any atom is -0.478 e. The molecule has 21 heavy (non-hydrogen) atoms. The number of hydrogen-bond donors (Lipinski definition) is 3. The summed E-state index contributed by atoms with van der Waals surface area (Å²) < 4.78 is 13.3. The highest BCUT2D eigenvalue weighted by molar-refractivity contribution is 6.33. The molecule has 0 heterocycles. The average Bonchev–Trinajstić information content (AvgIpc) is 2.41. The fourth-order valence-electron chi connectivity index (χ4n) is 1.64. The van der Waals surface area contributed by atoms with Crippen molar-refractivity contribution in [2.75, 3.05) is 11.1 Å². The number of rotatable bonds is 3. The van der Waals surface area contributed by atoms with Crippen LogP contribution in [0.5, 0.6) is 0 Å². The molecule has 0 saturated heterocycles. The van der Waals surface area contributed by atoms with E-state index in [2.05, 4.69) is 5.32 Å². The van der Waals surface area contributed by atoms with Gasteiger partial charge in [0.05, 0.1) is 16.3 Å². The topological polar surface area (TPSA) is 92.4 Å². The van der Waals surface area contributed by atoms with Gasteiger partial charge in [-0.25, -0.2) is 9.18 Å². The molecule has 4 N–H and O–H groups in total. The number of carbonyl (C=O) groups is 2. The van der Waals surface area contributed by atoms with E-state index in [4.69, 9.17) is 22.4 Å². The Morgan fingerprint density at radius 2 is 1.90 bits per heavy atom. The first-order chi connectivity index (χ1) is 9.88. The number of nitrogens with one attached hydrogen (secondary N) is 1. The number of benzene rings is 2. The first-order valence-electron chi connectivity index (χ1n) is 5.77. The molecule has 0 aliphatic rings. The summed E-state index contributed by atoms with van der Waals surface area (Å²) in [6, 6.07) is 7.63. The Hall–Kier alpha value is -2.60. The third-order valence-corrected chi connectivity index (χ3v) is 3.03. The number of carbonyl (C=O) groups excluding carboxylic acids is 1. The molecule has 0 unspecified atom stereocenters. The van der Waals surface area contributed by atoms with Crippen LogP contribution in [-0.4, -0.2) is 17.0 Å². The minimum atomic E-state index is -1.17. The summed E-state index contributed by atoms with van der Waals surface area (Å²) >= 11 is 5.79. The van der Waals surface area contributed by atoms with Crippen LogP contribution in [0.1, 0.15) is 20.7 Å². The average molecular weight is 309 g/mol. The molecule has 2 aromatic rings. The van der Waals surface area contributed by atoms with Gasteiger partial charge in [-0.2, -0.15) is 0 Å². The van der Waals surface area contributed by atoms with Crippen molar-refractivity contribution in [3.63, 3.8) is 0 Å². The molecule has 0 atom stereocenters. The quantitative estimate of drug-likeness (QED) is 0.760. The van der Waals surface area contributed by atoms with E-state index in [1.807, 2.05) is 0 Å². The number of aromatic carboxylic acids is 1. The van der Waals surface area contributed by atoms with Crippen molar-refractivity contribution in [3.05, 3.63) is 58.4 Å². The second kappa shape index (κ2) is 5.80. The fraction of sp³-hybridized carbons (Fsp3) is 0. The lowest BCUT2D eigenvalue weighted by Gasteiger charge is -2.07. The van der Waals surface area contributed by atoms with E-state index in [0.717, 1.165) is 6.07 Å². The van der Waals surface area contributed by atoms with Gasteiger partial charge >= 0.3 is 5.97 Å². The Bertz CT molecular complexity index is 734. The Balaban J connectivity index is 2.21. The zero-order chi connectivity index (χ0) is 15.6. The summed E-state index contributed by atoms with van der Waals surface area (Å²) in [4.78, 5) is 22.8. The van der Waals surface area contributed by atoms with Crippen molar-refractivity contribution in [1.29, 1.82) is 0 Å². The van der Waals surface area contributed by atoms with Crippen LogP contribution in [0.25, 0.3) is 0 Å². The second-order valence-electron chi connectivity index (χ2n) is 4.19. The Labute approximate surface area is 124 Å². The van der Waals surface area contributed by atoms with Gasteiger partial charge in [-0.05, 0) is 36.4 Å². The van der Waals surface area contributed by atoms with Crippen LogP contribution in [-0.2, 0) is 0 Å². The third kappa shape index (κ3) is 3.29. The van der Waals surface area contributed by atoms with Gasteiger partial charge in [0.25, 0.3) is 5.91 Å². The molecule has 5 nitrogen and oxygen atoms in total. The number of carboxylic acids is 1. The molecule has 0 radical (unpaired) electrons. The summed E-state index contributed by atoms with van der Waals surface area (Å²) in [6.45, 7) is 0. The predicted octanol–water partition coefficient (Wildman–Crippen LogP) is 3.01. The normalized spacial score (nSPS) is 10.2. The standard InChI is InChI=1S/C14H10ClFN2O3/c15-10-6-8(2-3-9(10)14(20)21)18-13(19)7-1-4-12(17)11(16)5-7/h1-6H,17H2,(H,18,19)(H,20,21). The number of anilines is 2. The lowest BCUT2D eigenvalue weighted by atomic mass is 10.1. The number of nitrogens with two attached hydrogens (primary N) is 1. The molecule has 0 aliphatic heterocycles. The highest BCUT2D eigenvalue weighted by atomic mass is 35.5. The van der Waals surface area contributed by atoms with Gasteiger partial charge < -0.3 is 16.2 Å². The summed E-state index contributed by atoms with van der Waals surface area (Å²) in [5.74, 6) is -2.42. The van der Waals surface area contributed by atoms with Crippen molar-refractivity contribution >= 4 is 34.9 Å². The van der Waals surface area contributed by atoms with Gasteiger partial charge in [-0.15, -0.1) is 0 Å². The molecule has 7 heteroatoms. The van der Waals surface area contributed by atoms with Crippen LogP contribution in [0.2, 0.25) is 5.02 Å². The molecule has 108 valence electrons. The molecule has 2 rings (SSSR count). The van der Waals surface area contributed by atoms with Crippen LogP contribution in [0.4, 0.5) is 15.8 Å². The maximum Gasteiger partial charge on any atom is 0.337 e. The largest absolute Gasteiger partial charge is 0.478 e. The fourth-order valence-corrected chi connectivity index (χ4v) is 1.90. The van der Waals surface area contributed by atoms with Gasteiger partial charge in [-0.3, -0.25) is 4.79 Å². The lowest BCUT2D eigenvalue weighted by molar-refractivity contribution is 0.0697. The number of amides is 1. The number of hydrogen-bond acceptors (Lipinski definition) is 3. The predicted molar refractivity (Wildman–Crippen MR) is 77.2 cm³/mol. The summed E-state index contributed by atoms with van der Waals surface area (Å²) in [5.41, 5.74) is 5.58. The monoisotopic (exact) mass is 308 g/mol. The molecule has 0 aromatic heterocycles. The Kier molecular flexibility index (Phi) is 4.09. The first-order valence-corrected chi connectivity index (χ1v) is 6.15. The van der Waals surface area contributed by atoms with Gasteiger partial charge in [0.15, 0.2) is 0 Å². The molecule has 0 fully saturated rings. The maximum atomic E-state index is 13.3. The molecular formula is C14H10ClFN2O3. The molecular weight excluding hydrogens is 299 g/mol. The number of nitrogen functional groups attached to an aromatic ring is 1. The second-order valence-corrected chi connectivity index (χ2v) is 4.60. The zero-order valence-corrected chi connectivity index (χ0v) is 11.3. The van der Waals surface area contributed by atoms with Crippen molar-refractivity contribution < 1.29 is 19.1 Å². The van der Waals surface area contributed by atoms with Crippen molar-refractivity contribution in [2.45, 2.75) is 0 Å². The number of halogens is 2. The summed E-state index contributed by atoms with van der Waals surface area (Å²) in [7, 11) is 0. The minimum absolute atomic E-state index is 0.0104. The van der Waals surface area contributed by atoms with E-state index in [1.165, 1.54) is 30.3 Å². The van der Waals surface area contributed by atoms with E-state index in [0.29, 0.717) is 5.69 Å². The van der Waals surface area contributed by atoms with Crippen LogP contribution in [0.15, 0.2) is 36.4 Å². The highest BCUT2D eigenvalue weighted by Gasteiger charge is 2.12. The molecule has 2 aromatic carbocycles. The van der Waals surface area contributed by atoms with Crippen LogP contribution in [0.3, 0.4) is 0 Å². The van der Waals surface area contributed by atoms with Crippen LogP contribution < -0.4 is 11.1 Å². The summed E-state index contributed by atoms with van der Waals surface area (Å²) in [5, 5.41) is 11.3. The highest BCUT2D eigenvalue weighted by Crippen LogP contribution is 2.22. The smallest absolute Gasteiger partial charge is 0.337 e. The van der Waals surface area contributed by atoms with Crippen LogP contribution in [0, 0.1) is 5.82 Å². The number of carboxylic acid groups (broad SMARTS) is 1. The van der Waals surface area contributed by atoms with Crippen molar-refractivity contribution in [3.8, 4) is 0 Å². The third-order valence-electron chi connectivity index (χ3n) is 2.72. The van der Waals surface area contributed by atoms with E-state index in [-0.39, 0.29) is 21.8 Å². The molecule has 0 spiro atoms. The van der Waals surface area contributed by atoms with E-state index >= 15 is 0 Å². The maximum absolute atomic E-state index is 13.3. The Morgan fingerprint density at radius 1 is 1.19 bits per heavy atom. The van der Waals surface area contributed by atoms with E-state index < -0.39 is 17.7 Å². The summed E-state index contributed by atoms with van der Waals surface area (Å²) in [6.07, 6.45) is 0. The van der Waals surface area contributed by atoms with Crippen molar-refractivity contribution in [1.82, 2.24) is 0 Å². The Morgan fingerprint density at radius 3 is 2.48 bits per heavy atom. The molecule has 0 aliphatic carbocycles.